The third-order valence-electron chi connectivity index (χ3n) is 5.16. The summed E-state index contributed by atoms with van der Waals surface area (Å²) in [5, 5.41) is 0. The van der Waals surface area contributed by atoms with Crippen molar-refractivity contribution >= 4 is 5.78 Å². The third-order valence-corrected chi connectivity index (χ3v) is 5.16. The van der Waals surface area contributed by atoms with Crippen LogP contribution in [0.4, 0.5) is 0 Å². The maximum absolute atomic E-state index is 12.3. The van der Waals surface area contributed by atoms with Gasteiger partial charge in [-0.15, -0.1) is 6.58 Å². The average molecular weight is 340 g/mol. The third kappa shape index (κ3) is 2.30. The summed E-state index contributed by atoms with van der Waals surface area (Å²) in [6.07, 6.45) is 5.43. The number of carbonyl (C=O) groups is 1. The van der Waals surface area contributed by atoms with E-state index in [0.717, 1.165) is 11.3 Å². The molecule has 0 saturated carbocycles. The number of fused-ring (bicyclic) bond motifs is 2. The van der Waals surface area contributed by atoms with Gasteiger partial charge in [0.1, 0.15) is 17.5 Å². The Labute approximate surface area is 146 Å². The van der Waals surface area contributed by atoms with Crippen molar-refractivity contribution < 1.29 is 23.7 Å². The summed E-state index contributed by atoms with van der Waals surface area (Å²) >= 11 is 0. The van der Waals surface area contributed by atoms with Crippen molar-refractivity contribution in [3.05, 3.63) is 59.9 Å². The van der Waals surface area contributed by atoms with Crippen molar-refractivity contribution in [2.45, 2.75) is 25.0 Å². The van der Waals surface area contributed by atoms with Gasteiger partial charge in [-0.1, -0.05) is 19.1 Å². The van der Waals surface area contributed by atoms with Crippen molar-refractivity contribution in [2.24, 2.45) is 5.92 Å². The summed E-state index contributed by atoms with van der Waals surface area (Å²) < 4.78 is 22.9. The minimum absolute atomic E-state index is 0.0166. The van der Waals surface area contributed by atoms with Crippen LogP contribution < -0.4 is 9.47 Å². The molecule has 3 atom stereocenters. The predicted molar refractivity (Wildman–Crippen MR) is 91.3 cm³/mol. The van der Waals surface area contributed by atoms with Gasteiger partial charge in [0.05, 0.1) is 0 Å². The highest BCUT2D eigenvalue weighted by atomic mass is 16.7. The molecule has 0 amide bonds. The molecule has 3 aliphatic rings. The molecule has 1 fully saturated rings. The Morgan fingerprint density at radius 2 is 2.16 bits per heavy atom. The van der Waals surface area contributed by atoms with Crippen LogP contribution in [0.2, 0.25) is 0 Å². The molecule has 0 unspecified atom stereocenters. The van der Waals surface area contributed by atoms with E-state index in [0.29, 0.717) is 23.5 Å². The number of hydrogen-bond acceptors (Lipinski definition) is 5. The van der Waals surface area contributed by atoms with Gasteiger partial charge in [-0.25, -0.2) is 0 Å². The number of allylic oxidation sites excluding steroid dienone is 3. The molecule has 0 bridgehead atoms. The topological polar surface area (TPSA) is 54.0 Å². The fourth-order valence-corrected chi connectivity index (χ4v) is 3.78. The SMILES string of the molecule is C=CCC1=C[C@]2(OC)C(=CC1=O)O[C@@H](c1ccc3c(c1)OCO3)[C@H]2C. The van der Waals surface area contributed by atoms with Gasteiger partial charge in [0.25, 0.3) is 0 Å². The molecule has 0 radical (unpaired) electrons. The molecule has 1 aromatic rings. The lowest BCUT2D eigenvalue weighted by Crippen LogP contribution is -2.38. The Morgan fingerprint density at radius 1 is 1.36 bits per heavy atom. The fourth-order valence-electron chi connectivity index (χ4n) is 3.78. The zero-order valence-electron chi connectivity index (χ0n) is 14.3. The van der Waals surface area contributed by atoms with Crippen LogP contribution in [-0.2, 0) is 14.3 Å². The van der Waals surface area contributed by atoms with E-state index in [-0.39, 0.29) is 24.6 Å². The first-order chi connectivity index (χ1) is 12.1. The fraction of sp³-hybridized carbons (Fsp3) is 0.350. The first kappa shape index (κ1) is 16.0. The van der Waals surface area contributed by atoms with Crippen molar-refractivity contribution in [1.29, 1.82) is 0 Å². The quantitative estimate of drug-likeness (QED) is 0.786. The smallest absolute Gasteiger partial charge is 0.231 e. The Kier molecular flexibility index (Phi) is 3.69. The number of benzene rings is 1. The van der Waals surface area contributed by atoms with Gasteiger partial charge < -0.3 is 18.9 Å². The van der Waals surface area contributed by atoms with Crippen LogP contribution in [0.5, 0.6) is 11.5 Å². The van der Waals surface area contributed by atoms with Crippen LogP contribution >= 0.6 is 0 Å². The van der Waals surface area contributed by atoms with Gasteiger partial charge in [-0.05, 0) is 30.2 Å². The molecule has 0 N–H and O–H groups in total. The molecular formula is C20H20O5. The summed E-state index contributed by atoms with van der Waals surface area (Å²) in [7, 11) is 1.65. The first-order valence-electron chi connectivity index (χ1n) is 8.29. The van der Waals surface area contributed by atoms with E-state index in [1.165, 1.54) is 0 Å². The Balaban J connectivity index is 1.74. The maximum atomic E-state index is 12.3. The average Bonchev–Trinajstić information content (AvgIpc) is 3.18. The van der Waals surface area contributed by atoms with Gasteiger partial charge >= 0.3 is 0 Å². The van der Waals surface area contributed by atoms with Gasteiger partial charge in [0, 0.05) is 24.7 Å². The summed E-state index contributed by atoms with van der Waals surface area (Å²) in [5.74, 6) is 1.93. The summed E-state index contributed by atoms with van der Waals surface area (Å²) in [6, 6.07) is 5.78. The molecule has 1 saturated heterocycles. The number of rotatable bonds is 4. The lowest BCUT2D eigenvalue weighted by atomic mass is 9.78. The predicted octanol–water partition coefficient (Wildman–Crippen LogP) is 3.48. The second kappa shape index (κ2) is 5.77. The highest BCUT2D eigenvalue weighted by Crippen LogP contribution is 2.52. The summed E-state index contributed by atoms with van der Waals surface area (Å²) in [6.45, 7) is 6.02. The van der Waals surface area contributed by atoms with E-state index in [1.54, 1.807) is 19.3 Å². The van der Waals surface area contributed by atoms with Crippen LogP contribution in [0.15, 0.2) is 54.3 Å². The standard InChI is InChI=1S/C20H20O5/c1-4-5-14-10-20(22-3)12(2)19(25-18(20)9-15(14)21)13-6-7-16-17(8-13)24-11-23-16/h4,6-10,12,19H,1,5,11H2,2-3H3/t12-,19-,20-/m1/s1. The van der Waals surface area contributed by atoms with E-state index in [2.05, 4.69) is 13.5 Å². The highest BCUT2D eigenvalue weighted by molar-refractivity contribution is 6.06. The van der Waals surface area contributed by atoms with Crippen LogP contribution in [0.1, 0.15) is 25.0 Å². The largest absolute Gasteiger partial charge is 0.486 e. The molecular weight excluding hydrogens is 320 g/mol. The number of methoxy groups -OCH3 is 1. The molecule has 4 rings (SSSR count). The van der Waals surface area contributed by atoms with Crippen LogP contribution in [0.25, 0.3) is 0 Å². The van der Waals surface area contributed by atoms with E-state index in [4.69, 9.17) is 18.9 Å². The molecule has 0 aromatic heterocycles. The normalized spacial score (nSPS) is 29.6. The van der Waals surface area contributed by atoms with Crippen LogP contribution in [-0.4, -0.2) is 25.3 Å². The minimum atomic E-state index is -0.743. The van der Waals surface area contributed by atoms with Gasteiger partial charge in [0.2, 0.25) is 6.79 Å². The van der Waals surface area contributed by atoms with E-state index >= 15 is 0 Å². The number of carbonyl (C=O) groups excluding carboxylic acids is 1. The second-order valence-electron chi connectivity index (χ2n) is 6.47. The second-order valence-corrected chi connectivity index (χ2v) is 6.47. The van der Waals surface area contributed by atoms with Crippen molar-refractivity contribution in [3.63, 3.8) is 0 Å². The molecule has 130 valence electrons. The molecule has 1 aromatic carbocycles. The van der Waals surface area contributed by atoms with Crippen molar-refractivity contribution in [1.82, 2.24) is 0 Å². The molecule has 1 aliphatic carbocycles. The monoisotopic (exact) mass is 340 g/mol. The van der Waals surface area contributed by atoms with Crippen molar-refractivity contribution in [3.8, 4) is 11.5 Å². The molecule has 2 aliphatic heterocycles. The number of ketones is 1. The molecule has 5 nitrogen and oxygen atoms in total. The zero-order valence-corrected chi connectivity index (χ0v) is 14.3. The van der Waals surface area contributed by atoms with Crippen LogP contribution in [0, 0.1) is 5.92 Å². The first-order valence-corrected chi connectivity index (χ1v) is 8.29. The Hall–Kier alpha value is -2.53. The molecule has 2 heterocycles. The minimum Gasteiger partial charge on any atom is -0.486 e. The van der Waals surface area contributed by atoms with E-state index < -0.39 is 5.60 Å². The van der Waals surface area contributed by atoms with Crippen molar-refractivity contribution in [2.75, 3.05) is 13.9 Å². The maximum Gasteiger partial charge on any atom is 0.231 e. The Morgan fingerprint density at radius 3 is 2.92 bits per heavy atom. The lowest BCUT2D eigenvalue weighted by Gasteiger charge is -2.31. The zero-order chi connectivity index (χ0) is 17.6. The van der Waals surface area contributed by atoms with E-state index in [9.17, 15) is 4.79 Å². The van der Waals surface area contributed by atoms with Gasteiger partial charge in [-0.2, -0.15) is 0 Å². The Bertz CT molecular complexity index is 806. The molecule has 0 spiro atoms. The van der Waals surface area contributed by atoms with Gasteiger partial charge in [-0.3, -0.25) is 4.79 Å². The van der Waals surface area contributed by atoms with Crippen LogP contribution in [0.3, 0.4) is 0 Å². The van der Waals surface area contributed by atoms with E-state index in [1.807, 2.05) is 24.3 Å². The number of ether oxygens (including phenoxy) is 4. The highest BCUT2D eigenvalue weighted by Gasteiger charge is 2.53. The number of hydrogen-bond donors (Lipinski definition) is 0. The molecule has 5 heteroatoms. The van der Waals surface area contributed by atoms with Gasteiger partial charge in [0.15, 0.2) is 17.3 Å². The summed E-state index contributed by atoms with van der Waals surface area (Å²) in [5.41, 5.74) is 0.907. The summed E-state index contributed by atoms with van der Waals surface area (Å²) in [4.78, 5) is 12.3. The lowest BCUT2D eigenvalue weighted by molar-refractivity contribution is -0.112. The molecule has 25 heavy (non-hydrogen) atoms.